The van der Waals surface area contributed by atoms with Crippen LogP contribution in [0.2, 0.25) is 5.02 Å². The molecule has 7 nitrogen and oxygen atoms in total. The number of nitrogens with one attached hydrogen (secondary N) is 1. The number of carbonyl (C=O) groups is 2. The molecule has 1 aromatic heterocycles. The maximum absolute atomic E-state index is 12.4. The molecule has 2 amide bonds. The number of hydrogen-bond donors (Lipinski definition) is 1. The summed E-state index contributed by atoms with van der Waals surface area (Å²) < 4.78 is 5.26. The Morgan fingerprint density at radius 2 is 1.93 bits per heavy atom. The van der Waals surface area contributed by atoms with Gasteiger partial charge in [-0.2, -0.15) is 4.98 Å². The topological polar surface area (TPSA) is 88.3 Å². The van der Waals surface area contributed by atoms with E-state index in [0.29, 0.717) is 41.8 Å². The quantitative estimate of drug-likeness (QED) is 0.629. The number of likely N-dealkylation sites (tertiary alicyclic amines) is 1. The molecule has 0 bridgehead atoms. The van der Waals surface area contributed by atoms with Crippen LogP contribution in [0.3, 0.4) is 0 Å². The fourth-order valence-electron chi connectivity index (χ4n) is 3.43. The lowest BCUT2D eigenvalue weighted by molar-refractivity contribution is -0.127. The van der Waals surface area contributed by atoms with Crippen LogP contribution in [0, 0.1) is 0 Å². The van der Waals surface area contributed by atoms with Crippen molar-refractivity contribution < 1.29 is 14.1 Å². The van der Waals surface area contributed by atoms with E-state index in [-0.39, 0.29) is 24.3 Å². The molecular weight excluding hydrogens is 404 g/mol. The fraction of sp³-hybridized carbons (Fsp3) is 0.273. The van der Waals surface area contributed by atoms with E-state index >= 15 is 0 Å². The molecule has 2 aromatic carbocycles. The Kier molecular flexibility index (Phi) is 6.09. The average Bonchev–Trinajstić information content (AvgIpc) is 3.39. The molecule has 3 aromatic rings. The minimum atomic E-state index is -0.209. The second-order valence-corrected chi connectivity index (χ2v) is 7.65. The van der Waals surface area contributed by atoms with Crippen molar-refractivity contribution in [3.05, 3.63) is 82.5 Å². The molecule has 1 atom stereocenters. The second kappa shape index (κ2) is 9.09. The van der Waals surface area contributed by atoms with Crippen LogP contribution in [0.4, 0.5) is 0 Å². The molecule has 1 fully saturated rings. The number of hydrogen-bond acceptors (Lipinski definition) is 5. The number of nitrogens with zero attached hydrogens (tertiary/aromatic N) is 3. The average molecular weight is 425 g/mol. The lowest BCUT2D eigenvalue weighted by Crippen LogP contribution is -2.27. The van der Waals surface area contributed by atoms with Gasteiger partial charge in [-0.25, -0.2) is 0 Å². The third kappa shape index (κ3) is 4.86. The first-order valence-corrected chi connectivity index (χ1v) is 10.1. The molecule has 1 saturated heterocycles. The minimum absolute atomic E-state index is 0.0812. The highest BCUT2D eigenvalue weighted by atomic mass is 35.5. The highest BCUT2D eigenvalue weighted by Gasteiger charge is 2.33. The van der Waals surface area contributed by atoms with Gasteiger partial charge in [0, 0.05) is 36.0 Å². The monoisotopic (exact) mass is 424 g/mol. The molecule has 30 heavy (non-hydrogen) atoms. The van der Waals surface area contributed by atoms with Crippen molar-refractivity contribution in [2.75, 3.05) is 13.1 Å². The van der Waals surface area contributed by atoms with Crippen molar-refractivity contribution in [2.24, 2.45) is 0 Å². The molecule has 8 heteroatoms. The second-order valence-electron chi connectivity index (χ2n) is 7.21. The molecular formula is C22H21ClN4O3. The molecule has 154 valence electrons. The first kappa shape index (κ1) is 20.1. The van der Waals surface area contributed by atoms with Gasteiger partial charge in [0.15, 0.2) is 5.82 Å². The van der Waals surface area contributed by atoms with Crippen LogP contribution in [0.1, 0.15) is 40.0 Å². The van der Waals surface area contributed by atoms with Crippen LogP contribution in [-0.2, 0) is 17.8 Å². The minimum Gasteiger partial charge on any atom is -0.343 e. The molecule has 0 aliphatic carbocycles. The summed E-state index contributed by atoms with van der Waals surface area (Å²) in [7, 11) is 0. The third-order valence-electron chi connectivity index (χ3n) is 5.08. The normalized spacial score (nSPS) is 16.1. The lowest BCUT2D eigenvalue weighted by atomic mass is 10.1. The Hall–Kier alpha value is -3.19. The number of aromatic nitrogens is 2. The summed E-state index contributed by atoms with van der Waals surface area (Å²) in [4.78, 5) is 30.7. The summed E-state index contributed by atoms with van der Waals surface area (Å²) in [5.74, 6) is 0.588. The van der Waals surface area contributed by atoms with Gasteiger partial charge in [-0.3, -0.25) is 9.59 Å². The van der Waals surface area contributed by atoms with Gasteiger partial charge in [-0.1, -0.05) is 47.1 Å². The summed E-state index contributed by atoms with van der Waals surface area (Å²) in [6.07, 6.45) is 1.12. The molecule has 1 N–H and O–H groups in total. The Bertz CT molecular complexity index is 1020. The van der Waals surface area contributed by atoms with Gasteiger partial charge < -0.3 is 14.7 Å². The summed E-state index contributed by atoms with van der Waals surface area (Å²) in [6, 6.07) is 16.6. The summed E-state index contributed by atoms with van der Waals surface area (Å²) >= 11 is 5.91. The molecule has 0 saturated carbocycles. The zero-order chi connectivity index (χ0) is 20.9. The molecule has 2 heterocycles. The summed E-state index contributed by atoms with van der Waals surface area (Å²) in [5, 5.41) is 7.47. The van der Waals surface area contributed by atoms with Gasteiger partial charge in [0.2, 0.25) is 11.8 Å². The first-order chi connectivity index (χ1) is 14.6. The zero-order valence-corrected chi connectivity index (χ0v) is 17.0. The van der Waals surface area contributed by atoms with E-state index in [9.17, 15) is 9.59 Å². The standard InChI is InChI=1S/C22H21ClN4O3/c23-18-8-6-15(7-9-18)10-11-27-14-17(12-20(27)28)21-25-19(30-26-21)13-24-22(29)16-4-2-1-3-5-16/h1-9,17H,10-14H2,(H,24,29). The zero-order valence-electron chi connectivity index (χ0n) is 16.3. The SMILES string of the molecule is O=C(NCc1nc(C2CC(=O)N(CCc3ccc(Cl)cc3)C2)no1)c1ccccc1. The number of benzene rings is 2. The van der Waals surface area contributed by atoms with Crippen LogP contribution in [0.15, 0.2) is 59.1 Å². The highest BCUT2D eigenvalue weighted by Crippen LogP contribution is 2.26. The molecule has 0 spiro atoms. The maximum Gasteiger partial charge on any atom is 0.251 e. The van der Waals surface area contributed by atoms with Crippen LogP contribution in [-0.4, -0.2) is 39.9 Å². The molecule has 4 rings (SSSR count). The van der Waals surface area contributed by atoms with Crippen LogP contribution in [0.25, 0.3) is 0 Å². The Labute approximate surface area is 179 Å². The largest absolute Gasteiger partial charge is 0.343 e. The summed E-state index contributed by atoms with van der Waals surface area (Å²) in [6.45, 7) is 1.33. The number of carbonyl (C=O) groups excluding carboxylic acids is 2. The van der Waals surface area contributed by atoms with Crippen LogP contribution >= 0.6 is 11.6 Å². The van der Waals surface area contributed by atoms with Gasteiger partial charge in [-0.05, 0) is 36.2 Å². The lowest BCUT2D eigenvalue weighted by Gasteiger charge is -2.15. The Morgan fingerprint density at radius 3 is 2.70 bits per heavy atom. The van der Waals surface area contributed by atoms with Crippen molar-refractivity contribution in [1.82, 2.24) is 20.4 Å². The van der Waals surface area contributed by atoms with Crippen LogP contribution < -0.4 is 5.32 Å². The molecule has 1 aliphatic heterocycles. The molecule has 1 aliphatic rings. The highest BCUT2D eigenvalue weighted by molar-refractivity contribution is 6.30. The third-order valence-corrected chi connectivity index (χ3v) is 5.34. The van der Waals surface area contributed by atoms with Gasteiger partial charge in [0.25, 0.3) is 5.91 Å². The van der Waals surface area contributed by atoms with Gasteiger partial charge in [0.1, 0.15) is 0 Å². The van der Waals surface area contributed by atoms with Crippen molar-refractivity contribution >= 4 is 23.4 Å². The van der Waals surface area contributed by atoms with E-state index in [4.69, 9.17) is 16.1 Å². The van der Waals surface area contributed by atoms with Crippen molar-refractivity contribution in [1.29, 1.82) is 0 Å². The number of amides is 2. The predicted molar refractivity (Wildman–Crippen MR) is 111 cm³/mol. The molecule has 0 radical (unpaired) electrons. The fourth-order valence-corrected chi connectivity index (χ4v) is 3.56. The van der Waals surface area contributed by atoms with E-state index in [0.717, 1.165) is 12.0 Å². The number of halogens is 1. The van der Waals surface area contributed by atoms with E-state index in [1.807, 2.05) is 35.2 Å². The number of rotatable bonds is 7. The van der Waals surface area contributed by atoms with Gasteiger partial charge >= 0.3 is 0 Å². The van der Waals surface area contributed by atoms with Gasteiger partial charge in [-0.15, -0.1) is 0 Å². The Balaban J connectivity index is 1.29. The van der Waals surface area contributed by atoms with Gasteiger partial charge in [0.05, 0.1) is 6.54 Å². The van der Waals surface area contributed by atoms with E-state index in [1.54, 1.807) is 24.3 Å². The van der Waals surface area contributed by atoms with E-state index < -0.39 is 0 Å². The van der Waals surface area contributed by atoms with Crippen LogP contribution in [0.5, 0.6) is 0 Å². The first-order valence-electron chi connectivity index (χ1n) is 9.76. The maximum atomic E-state index is 12.4. The van der Waals surface area contributed by atoms with E-state index in [2.05, 4.69) is 15.5 Å². The smallest absolute Gasteiger partial charge is 0.251 e. The van der Waals surface area contributed by atoms with E-state index in [1.165, 1.54) is 0 Å². The van der Waals surface area contributed by atoms with Crippen molar-refractivity contribution in [3.63, 3.8) is 0 Å². The predicted octanol–water partition coefficient (Wildman–Crippen LogP) is 3.21. The van der Waals surface area contributed by atoms with Crippen molar-refractivity contribution in [3.8, 4) is 0 Å². The summed E-state index contributed by atoms with van der Waals surface area (Å²) in [5.41, 5.74) is 1.70. The van der Waals surface area contributed by atoms with Crippen molar-refractivity contribution in [2.45, 2.75) is 25.3 Å². The molecule has 1 unspecified atom stereocenters. The Morgan fingerprint density at radius 1 is 1.17 bits per heavy atom.